The van der Waals surface area contributed by atoms with Crippen LogP contribution in [0.2, 0.25) is 0 Å². The highest BCUT2D eigenvalue weighted by atomic mass is 16.2. The largest absolute Gasteiger partial charge is 0.396 e. The number of aliphatic hydroxyl groups excluding tert-OH is 1. The molecule has 0 radical (unpaired) electrons. The van der Waals surface area contributed by atoms with Crippen molar-refractivity contribution in [2.75, 3.05) is 6.61 Å². The summed E-state index contributed by atoms with van der Waals surface area (Å²) < 4.78 is 2.27. The molecule has 0 unspecified atom stereocenters. The Morgan fingerprint density at radius 2 is 1.73 bits per heavy atom. The second-order valence-corrected chi connectivity index (χ2v) is 5.92. The van der Waals surface area contributed by atoms with E-state index in [0.29, 0.717) is 0 Å². The van der Waals surface area contributed by atoms with Gasteiger partial charge in [-0.3, -0.25) is 0 Å². The quantitative estimate of drug-likeness (QED) is 0.780. The van der Waals surface area contributed by atoms with Crippen LogP contribution in [0.4, 0.5) is 0 Å². The molecule has 3 heteroatoms. The third-order valence-corrected chi connectivity index (χ3v) is 4.00. The monoisotopic (exact) mass is 294 g/mol. The van der Waals surface area contributed by atoms with Crippen molar-refractivity contribution in [3.63, 3.8) is 0 Å². The van der Waals surface area contributed by atoms with Gasteiger partial charge in [-0.2, -0.15) is 0 Å². The summed E-state index contributed by atoms with van der Waals surface area (Å²) in [5.41, 5.74) is 5.98. The molecule has 0 aliphatic carbocycles. The zero-order valence-corrected chi connectivity index (χ0v) is 13.2. The topological polar surface area (TPSA) is 38.0 Å². The first-order valence-electron chi connectivity index (χ1n) is 7.79. The molecule has 1 N–H and O–H groups in total. The average Bonchev–Trinajstić information content (AvgIpc) is 2.84. The number of nitrogens with zero attached hydrogens (tertiary/aromatic N) is 2. The van der Waals surface area contributed by atoms with E-state index >= 15 is 0 Å². The number of benzene rings is 2. The van der Waals surface area contributed by atoms with Gasteiger partial charge in [0.15, 0.2) is 0 Å². The highest BCUT2D eigenvalue weighted by molar-refractivity contribution is 5.77. The van der Waals surface area contributed by atoms with Crippen molar-refractivity contribution in [3.8, 4) is 0 Å². The number of fused-ring (bicyclic) bond motifs is 1. The van der Waals surface area contributed by atoms with E-state index in [1.165, 1.54) is 22.2 Å². The molecule has 0 atom stereocenters. The van der Waals surface area contributed by atoms with Crippen LogP contribution in [0.1, 0.15) is 28.9 Å². The summed E-state index contributed by atoms with van der Waals surface area (Å²) in [4.78, 5) is 4.78. The molecule has 0 bridgehead atoms. The highest BCUT2D eigenvalue weighted by Crippen LogP contribution is 2.20. The van der Waals surface area contributed by atoms with Gasteiger partial charge in [0.05, 0.1) is 11.0 Å². The third kappa shape index (κ3) is 3.04. The first kappa shape index (κ1) is 14.8. The van der Waals surface area contributed by atoms with Crippen LogP contribution in [0.5, 0.6) is 0 Å². The van der Waals surface area contributed by atoms with Crippen molar-refractivity contribution in [1.82, 2.24) is 9.55 Å². The SMILES string of the molecule is Cc1ccc(Cn2c(CCCO)nc3cc(C)ccc32)cc1. The lowest BCUT2D eigenvalue weighted by molar-refractivity contribution is 0.287. The fraction of sp³-hybridized carbons (Fsp3) is 0.316. The Morgan fingerprint density at radius 3 is 2.45 bits per heavy atom. The smallest absolute Gasteiger partial charge is 0.110 e. The van der Waals surface area contributed by atoms with Crippen molar-refractivity contribution in [3.05, 3.63) is 65.0 Å². The molecule has 1 heterocycles. The molecule has 3 aromatic rings. The normalized spacial score (nSPS) is 11.2. The number of hydrogen-bond acceptors (Lipinski definition) is 2. The Morgan fingerprint density at radius 1 is 1.00 bits per heavy atom. The molecule has 2 aromatic carbocycles. The summed E-state index contributed by atoms with van der Waals surface area (Å²) in [7, 11) is 0. The molecular formula is C19H22N2O. The van der Waals surface area contributed by atoms with E-state index in [0.717, 1.165) is 30.7 Å². The second kappa shape index (κ2) is 6.32. The first-order chi connectivity index (χ1) is 10.7. The number of aromatic nitrogens is 2. The fourth-order valence-electron chi connectivity index (χ4n) is 2.77. The van der Waals surface area contributed by atoms with Gasteiger partial charge in [0.25, 0.3) is 0 Å². The van der Waals surface area contributed by atoms with Crippen LogP contribution in [-0.4, -0.2) is 21.3 Å². The maximum Gasteiger partial charge on any atom is 0.110 e. The molecule has 0 amide bonds. The predicted octanol–water partition coefficient (Wildman–Crippen LogP) is 3.63. The Hall–Kier alpha value is -2.13. The molecule has 0 fully saturated rings. The first-order valence-corrected chi connectivity index (χ1v) is 7.79. The number of imidazole rings is 1. The van der Waals surface area contributed by atoms with Crippen LogP contribution >= 0.6 is 0 Å². The summed E-state index contributed by atoms with van der Waals surface area (Å²) in [6.07, 6.45) is 1.55. The zero-order valence-electron chi connectivity index (χ0n) is 13.2. The molecule has 0 aliphatic heterocycles. The maximum atomic E-state index is 9.12. The van der Waals surface area contributed by atoms with Crippen molar-refractivity contribution in [2.24, 2.45) is 0 Å². The zero-order chi connectivity index (χ0) is 15.5. The predicted molar refractivity (Wildman–Crippen MR) is 90.2 cm³/mol. The highest BCUT2D eigenvalue weighted by Gasteiger charge is 2.11. The van der Waals surface area contributed by atoms with E-state index in [9.17, 15) is 0 Å². The van der Waals surface area contributed by atoms with Crippen molar-refractivity contribution < 1.29 is 5.11 Å². The number of aliphatic hydroxyl groups is 1. The van der Waals surface area contributed by atoms with Crippen LogP contribution in [0.15, 0.2) is 42.5 Å². The molecule has 0 spiro atoms. The summed E-state index contributed by atoms with van der Waals surface area (Å²) >= 11 is 0. The average molecular weight is 294 g/mol. The minimum absolute atomic E-state index is 0.201. The molecule has 114 valence electrons. The number of rotatable bonds is 5. The van der Waals surface area contributed by atoms with Crippen LogP contribution < -0.4 is 0 Å². The van der Waals surface area contributed by atoms with Crippen LogP contribution in [-0.2, 0) is 13.0 Å². The number of hydrogen-bond donors (Lipinski definition) is 1. The summed E-state index contributed by atoms with van der Waals surface area (Å²) in [5.74, 6) is 1.05. The van der Waals surface area contributed by atoms with E-state index in [4.69, 9.17) is 10.1 Å². The fourth-order valence-corrected chi connectivity index (χ4v) is 2.77. The van der Waals surface area contributed by atoms with E-state index in [1.54, 1.807) is 0 Å². The lowest BCUT2D eigenvalue weighted by Gasteiger charge is -2.09. The molecule has 0 saturated carbocycles. The molecule has 22 heavy (non-hydrogen) atoms. The van der Waals surface area contributed by atoms with Crippen LogP contribution in [0, 0.1) is 13.8 Å². The van der Waals surface area contributed by atoms with E-state index in [1.807, 2.05) is 0 Å². The Bertz CT molecular complexity index is 772. The maximum absolute atomic E-state index is 9.12. The van der Waals surface area contributed by atoms with Crippen LogP contribution in [0.3, 0.4) is 0 Å². The van der Waals surface area contributed by atoms with Gasteiger partial charge in [-0.1, -0.05) is 35.9 Å². The Labute approximate surface area is 131 Å². The summed E-state index contributed by atoms with van der Waals surface area (Å²) in [6, 6.07) is 15.0. The van der Waals surface area contributed by atoms with Gasteiger partial charge in [-0.05, 0) is 43.5 Å². The van der Waals surface area contributed by atoms with Gasteiger partial charge in [0.1, 0.15) is 5.82 Å². The summed E-state index contributed by atoms with van der Waals surface area (Å²) in [5, 5.41) is 9.12. The van der Waals surface area contributed by atoms with Crippen LogP contribution in [0.25, 0.3) is 11.0 Å². The van der Waals surface area contributed by atoms with Crippen molar-refractivity contribution in [2.45, 2.75) is 33.2 Å². The molecule has 3 rings (SSSR count). The van der Waals surface area contributed by atoms with Gasteiger partial charge in [-0.25, -0.2) is 4.98 Å². The molecule has 0 aliphatic rings. The minimum Gasteiger partial charge on any atom is -0.396 e. The number of aryl methyl sites for hydroxylation is 3. The van der Waals surface area contributed by atoms with Gasteiger partial charge >= 0.3 is 0 Å². The second-order valence-electron chi connectivity index (χ2n) is 5.92. The van der Waals surface area contributed by atoms with Crippen molar-refractivity contribution in [1.29, 1.82) is 0 Å². The Balaban J connectivity index is 2.02. The van der Waals surface area contributed by atoms with Gasteiger partial charge in [0, 0.05) is 19.6 Å². The van der Waals surface area contributed by atoms with Gasteiger partial charge in [-0.15, -0.1) is 0 Å². The lowest BCUT2D eigenvalue weighted by Crippen LogP contribution is -2.06. The van der Waals surface area contributed by atoms with Gasteiger partial charge < -0.3 is 9.67 Å². The molecule has 3 nitrogen and oxygen atoms in total. The molecule has 1 aromatic heterocycles. The lowest BCUT2D eigenvalue weighted by atomic mass is 10.1. The third-order valence-electron chi connectivity index (χ3n) is 4.00. The van der Waals surface area contributed by atoms with E-state index in [2.05, 4.69) is 60.9 Å². The van der Waals surface area contributed by atoms with Crippen molar-refractivity contribution >= 4 is 11.0 Å². The summed E-state index contributed by atoms with van der Waals surface area (Å²) in [6.45, 7) is 5.21. The minimum atomic E-state index is 0.201. The van der Waals surface area contributed by atoms with Gasteiger partial charge in [0.2, 0.25) is 0 Å². The molecule has 0 saturated heterocycles. The van der Waals surface area contributed by atoms with E-state index < -0.39 is 0 Å². The standard InChI is InChI=1S/C19H22N2O/c1-14-5-8-16(9-6-14)13-21-18-10-7-15(2)12-17(18)20-19(21)4-3-11-22/h5-10,12,22H,3-4,11,13H2,1-2H3. The Kier molecular flexibility index (Phi) is 4.25. The van der Waals surface area contributed by atoms with E-state index in [-0.39, 0.29) is 6.61 Å². The molecular weight excluding hydrogens is 272 g/mol.